The largest absolute Gasteiger partial charge is 0.324 e. The van der Waals surface area contributed by atoms with Gasteiger partial charge in [-0.25, -0.2) is 4.39 Å². The lowest BCUT2D eigenvalue weighted by Crippen LogP contribution is -2.10. The van der Waals surface area contributed by atoms with Crippen molar-refractivity contribution in [2.45, 2.75) is 25.8 Å². The molecule has 0 spiro atoms. The van der Waals surface area contributed by atoms with E-state index in [9.17, 15) is 4.39 Å². The van der Waals surface area contributed by atoms with Crippen LogP contribution in [0, 0.1) is 5.82 Å². The van der Waals surface area contributed by atoms with Crippen LogP contribution in [0.25, 0.3) is 0 Å². The maximum Gasteiger partial charge on any atom is 0.123 e. The predicted octanol–water partition coefficient (Wildman–Crippen LogP) is 3.28. The minimum absolute atomic E-state index is 0.159. The third-order valence-corrected chi connectivity index (χ3v) is 2.30. The molecule has 1 aromatic carbocycles. The van der Waals surface area contributed by atoms with Crippen molar-refractivity contribution in [2.24, 2.45) is 5.73 Å². The van der Waals surface area contributed by atoms with Crippen LogP contribution >= 0.6 is 11.6 Å². The summed E-state index contributed by atoms with van der Waals surface area (Å²) >= 11 is 5.88. The minimum Gasteiger partial charge on any atom is -0.324 e. The Morgan fingerprint density at radius 3 is 2.85 bits per heavy atom. The van der Waals surface area contributed by atoms with Crippen LogP contribution < -0.4 is 5.73 Å². The first kappa shape index (κ1) is 10.5. The summed E-state index contributed by atoms with van der Waals surface area (Å²) in [5, 5.41) is 0.544. The first-order valence-electron chi connectivity index (χ1n) is 4.35. The third kappa shape index (κ3) is 2.68. The van der Waals surface area contributed by atoms with E-state index in [-0.39, 0.29) is 11.9 Å². The van der Waals surface area contributed by atoms with Gasteiger partial charge in [-0.05, 0) is 30.2 Å². The number of nitrogens with two attached hydrogens (primary N) is 1. The normalized spacial score (nSPS) is 12.9. The van der Waals surface area contributed by atoms with Gasteiger partial charge in [0.05, 0.1) is 0 Å². The van der Waals surface area contributed by atoms with Gasteiger partial charge in [0.15, 0.2) is 0 Å². The van der Waals surface area contributed by atoms with Gasteiger partial charge in [-0.3, -0.25) is 0 Å². The highest BCUT2D eigenvalue weighted by atomic mass is 35.5. The lowest BCUT2D eigenvalue weighted by Gasteiger charge is -2.12. The number of hydrogen-bond acceptors (Lipinski definition) is 1. The molecule has 0 aliphatic carbocycles. The van der Waals surface area contributed by atoms with Gasteiger partial charge < -0.3 is 5.73 Å². The van der Waals surface area contributed by atoms with Crippen LogP contribution in [-0.2, 0) is 0 Å². The van der Waals surface area contributed by atoms with Crippen molar-refractivity contribution in [1.29, 1.82) is 0 Å². The second-order valence-corrected chi connectivity index (χ2v) is 3.47. The monoisotopic (exact) mass is 201 g/mol. The highest BCUT2D eigenvalue weighted by Gasteiger charge is 2.09. The molecule has 0 saturated heterocycles. The summed E-state index contributed by atoms with van der Waals surface area (Å²) in [5.41, 5.74) is 6.52. The molecule has 0 fully saturated rings. The Morgan fingerprint density at radius 1 is 1.54 bits per heavy atom. The van der Waals surface area contributed by atoms with Crippen molar-refractivity contribution in [3.63, 3.8) is 0 Å². The topological polar surface area (TPSA) is 26.0 Å². The summed E-state index contributed by atoms with van der Waals surface area (Å²) in [7, 11) is 0. The Balaban J connectivity index is 2.91. The van der Waals surface area contributed by atoms with Gasteiger partial charge in [0.2, 0.25) is 0 Å². The van der Waals surface area contributed by atoms with E-state index in [2.05, 4.69) is 0 Å². The molecule has 0 heterocycles. The molecule has 0 radical (unpaired) electrons. The molecule has 0 unspecified atom stereocenters. The van der Waals surface area contributed by atoms with Gasteiger partial charge in [-0.2, -0.15) is 0 Å². The Bertz CT molecular complexity index is 288. The van der Waals surface area contributed by atoms with Crippen molar-refractivity contribution in [2.75, 3.05) is 0 Å². The SMILES string of the molecule is CCC[C@@H](N)c1cc(F)ccc1Cl. The van der Waals surface area contributed by atoms with Gasteiger partial charge in [-0.15, -0.1) is 0 Å². The molecule has 0 saturated carbocycles. The van der Waals surface area contributed by atoms with Crippen LogP contribution in [0.3, 0.4) is 0 Å². The fraction of sp³-hybridized carbons (Fsp3) is 0.400. The van der Waals surface area contributed by atoms with Gasteiger partial charge >= 0.3 is 0 Å². The number of rotatable bonds is 3. The fourth-order valence-electron chi connectivity index (χ4n) is 1.27. The second-order valence-electron chi connectivity index (χ2n) is 3.06. The number of benzene rings is 1. The van der Waals surface area contributed by atoms with Crippen LogP contribution in [-0.4, -0.2) is 0 Å². The molecule has 13 heavy (non-hydrogen) atoms. The Morgan fingerprint density at radius 2 is 2.23 bits per heavy atom. The van der Waals surface area contributed by atoms with Crippen molar-refractivity contribution >= 4 is 11.6 Å². The van der Waals surface area contributed by atoms with E-state index in [1.807, 2.05) is 6.92 Å². The lowest BCUT2D eigenvalue weighted by molar-refractivity contribution is 0.605. The van der Waals surface area contributed by atoms with Crippen LogP contribution in [0.4, 0.5) is 4.39 Å². The van der Waals surface area contributed by atoms with E-state index in [1.165, 1.54) is 12.1 Å². The molecular formula is C10H13ClFN. The van der Waals surface area contributed by atoms with Crippen molar-refractivity contribution in [3.05, 3.63) is 34.6 Å². The Kier molecular flexibility index (Phi) is 3.70. The summed E-state index contributed by atoms with van der Waals surface area (Å²) in [6.07, 6.45) is 1.79. The Labute approximate surface area is 82.7 Å². The van der Waals surface area contributed by atoms with Crippen molar-refractivity contribution < 1.29 is 4.39 Å². The van der Waals surface area contributed by atoms with Gasteiger partial charge in [0.25, 0.3) is 0 Å². The highest BCUT2D eigenvalue weighted by molar-refractivity contribution is 6.31. The number of hydrogen-bond donors (Lipinski definition) is 1. The van der Waals surface area contributed by atoms with Gasteiger partial charge in [0, 0.05) is 11.1 Å². The average Bonchev–Trinajstić information content (AvgIpc) is 2.09. The molecule has 1 rings (SSSR count). The summed E-state index contributed by atoms with van der Waals surface area (Å²) in [4.78, 5) is 0. The van der Waals surface area contributed by atoms with E-state index in [1.54, 1.807) is 6.07 Å². The molecule has 1 atom stereocenters. The number of halogens is 2. The van der Waals surface area contributed by atoms with Gasteiger partial charge in [-0.1, -0.05) is 24.9 Å². The quantitative estimate of drug-likeness (QED) is 0.798. The standard InChI is InChI=1S/C10H13ClFN/c1-2-3-10(13)8-6-7(12)4-5-9(8)11/h4-6,10H,2-3,13H2,1H3/t10-/m1/s1. The summed E-state index contributed by atoms with van der Waals surface area (Å²) in [6.45, 7) is 2.03. The smallest absolute Gasteiger partial charge is 0.123 e. The maximum atomic E-state index is 12.8. The van der Waals surface area contributed by atoms with E-state index in [0.717, 1.165) is 12.8 Å². The molecule has 3 heteroatoms. The lowest BCUT2D eigenvalue weighted by atomic mass is 10.0. The molecule has 1 nitrogen and oxygen atoms in total. The van der Waals surface area contributed by atoms with Crippen molar-refractivity contribution in [1.82, 2.24) is 0 Å². The molecule has 0 aliphatic rings. The molecule has 0 aliphatic heterocycles. The fourth-order valence-corrected chi connectivity index (χ4v) is 1.52. The van der Waals surface area contributed by atoms with E-state index < -0.39 is 0 Å². The molecule has 72 valence electrons. The summed E-state index contributed by atoms with van der Waals surface area (Å²) in [5.74, 6) is -0.286. The minimum atomic E-state index is -0.286. The van der Waals surface area contributed by atoms with E-state index in [4.69, 9.17) is 17.3 Å². The van der Waals surface area contributed by atoms with Crippen molar-refractivity contribution in [3.8, 4) is 0 Å². The summed E-state index contributed by atoms with van der Waals surface area (Å²) in [6, 6.07) is 4.13. The summed E-state index contributed by atoms with van der Waals surface area (Å²) < 4.78 is 12.8. The third-order valence-electron chi connectivity index (χ3n) is 1.96. The molecule has 0 bridgehead atoms. The molecule has 2 N–H and O–H groups in total. The first-order valence-corrected chi connectivity index (χ1v) is 4.73. The maximum absolute atomic E-state index is 12.8. The first-order chi connectivity index (χ1) is 6.15. The van der Waals surface area contributed by atoms with Crippen LogP contribution in [0.1, 0.15) is 31.4 Å². The zero-order valence-electron chi connectivity index (χ0n) is 7.56. The predicted molar refractivity (Wildman–Crippen MR) is 53.2 cm³/mol. The van der Waals surface area contributed by atoms with Crippen LogP contribution in [0.15, 0.2) is 18.2 Å². The highest BCUT2D eigenvalue weighted by Crippen LogP contribution is 2.24. The Hall–Kier alpha value is -0.600. The molecule has 1 aromatic rings. The van der Waals surface area contributed by atoms with E-state index in [0.29, 0.717) is 10.6 Å². The van der Waals surface area contributed by atoms with Crippen LogP contribution in [0.2, 0.25) is 5.02 Å². The van der Waals surface area contributed by atoms with Gasteiger partial charge in [0.1, 0.15) is 5.82 Å². The molecule has 0 aromatic heterocycles. The molecular weight excluding hydrogens is 189 g/mol. The molecule has 0 amide bonds. The zero-order chi connectivity index (χ0) is 9.84. The van der Waals surface area contributed by atoms with Crippen LogP contribution in [0.5, 0.6) is 0 Å². The zero-order valence-corrected chi connectivity index (χ0v) is 8.31. The van der Waals surface area contributed by atoms with E-state index >= 15 is 0 Å². The second kappa shape index (κ2) is 4.58. The average molecular weight is 202 g/mol.